The number of nitrogens with two attached hydrogens (primary N) is 1. The number of nitrogens with one attached hydrogen (secondary N) is 1. The van der Waals surface area contributed by atoms with E-state index < -0.39 is 10.0 Å². The van der Waals surface area contributed by atoms with Gasteiger partial charge in [-0.05, 0) is 49.4 Å². The van der Waals surface area contributed by atoms with Crippen LogP contribution in [0.4, 0.5) is 11.4 Å². The Bertz CT molecular complexity index is 1410. The van der Waals surface area contributed by atoms with Gasteiger partial charge in [-0.15, -0.1) is 0 Å². The molecule has 5 rings (SSSR count). The predicted molar refractivity (Wildman–Crippen MR) is 134 cm³/mol. The molecule has 3 N–H and O–H groups in total. The maximum atomic E-state index is 12.1. The van der Waals surface area contributed by atoms with Crippen LogP contribution in [-0.2, 0) is 16.6 Å². The lowest BCUT2D eigenvalue weighted by Crippen LogP contribution is -2.15. The van der Waals surface area contributed by atoms with Crippen molar-refractivity contribution in [2.24, 2.45) is 5.92 Å². The van der Waals surface area contributed by atoms with Gasteiger partial charge in [-0.1, -0.05) is 19.1 Å². The number of rotatable bonds is 9. The first kappa shape index (κ1) is 22.2. The van der Waals surface area contributed by atoms with Crippen LogP contribution in [0.2, 0.25) is 0 Å². The number of nitrogen functional groups attached to an aromatic ring is 1. The molecule has 0 bridgehead atoms. The van der Waals surface area contributed by atoms with E-state index in [1.165, 1.54) is 12.8 Å². The molecule has 0 spiro atoms. The number of fused-ring (bicyclic) bond motifs is 1. The van der Waals surface area contributed by atoms with Crippen molar-refractivity contribution in [1.82, 2.24) is 14.5 Å². The summed E-state index contributed by atoms with van der Waals surface area (Å²) in [7, 11) is -3.34. The van der Waals surface area contributed by atoms with Crippen LogP contribution in [0.25, 0.3) is 22.2 Å². The van der Waals surface area contributed by atoms with E-state index in [4.69, 9.17) is 10.5 Å². The first-order valence-electron chi connectivity index (χ1n) is 11.4. The Hall–Kier alpha value is -3.59. The zero-order chi connectivity index (χ0) is 23.7. The molecule has 1 saturated carbocycles. The van der Waals surface area contributed by atoms with Gasteiger partial charge in [0.05, 0.1) is 28.8 Å². The lowest BCUT2D eigenvalue weighted by Gasteiger charge is -2.13. The first-order valence-corrected chi connectivity index (χ1v) is 13.1. The Morgan fingerprint density at radius 2 is 1.94 bits per heavy atom. The van der Waals surface area contributed by atoms with Gasteiger partial charge >= 0.3 is 0 Å². The van der Waals surface area contributed by atoms with Gasteiger partial charge in [-0.25, -0.2) is 13.4 Å². The minimum absolute atomic E-state index is 0.0935. The zero-order valence-corrected chi connectivity index (χ0v) is 19.8. The molecule has 1 fully saturated rings. The molecular weight excluding hydrogens is 450 g/mol. The largest absolute Gasteiger partial charge is 0.437 e. The third-order valence-corrected chi connectivity index (χ3v) is 7.37. The summed E-state index contributed by atoms with van der Waals surface area (Å²) in [6, 6.07) is 13.2. The average molecular weight is 478 g/mol. The van der Waals surface area contributed by atoms with Gasteiger partial charge in [0.25, 0.3) is 0 Å². The van der Waals surface area contributed by atoms with Crippen molar-refractivity contribution < 1.29 is 13.2 Å². The Morgan fingerprint density at radius 1 is 1.15 bits per heavy atom. The maximum absolute atomic E-state index is 12.1. The van der Waals surface area contributed by atoms with Crippen LogP contribution in [0.5, 0.6) is 11.6 Å². The van der Waals surface area contributed by atoms with Gasteiger partial charge in [0.2, 0.25) is 15.9 Å². The normalized spacial score (nSPS) is 13.8. The highest BCUT2D eigenvalue weighted by atomic mass is 32.2. The Labute approximate surface area is 198 Å². The Kier molecular flexibility index (Phi) is 5.87. The number of ether oxygens (including phenoxy) is 1. The lowest BCUT2D eigenvalue weighted by atomic mass is 10.1. The molecule has 4 aromatic rings. The van der Waals surface area contributed by atoms with Crippen molar-refractivity contribution in [2.75, 3.05) is 16.2 Å². The first-order chi connectivity index (χ1) is 16.4. The molecule has 2 aromatic carbocycles. The van der Waals surface area contributed by atoms with E-state index in [0.29, 0.717) is 35.3 Å². The minimum atomic E-state index is -3.34. The third-order valence-electron chi connectivity index (χ3n) is 5.88. The van der Waals surface area contributed by atoms with Gasteiger partial charge in [-0.3, -0.25) is 9.71 Å². The number of anilines is 2. The van der Waals surface area contributed by atoms with Gasteiger partial charge in [0.15, 0.2) is 0 Å². The van der Waals surface area contributed by atoms with E-state index in [9.17, 15) is 8.42 Å². The fraction of sp³-hybridized carbons (Fsp3) is 0.280. The van der Waals surface area contributed by atoms with Crippen molar-refractivity contribution >= 4 is 32.3 Å². The van der Waals surface area contributed by atoms with Gasteiger partial charge in [0.1, 0.15) is 5.75 Å². The standard InChI is InChI=1S/C25H27N5O3S/c1-2-13-34(31,32)29-19-7-5-18(6-8-19)25-24(26)21-10-9-20(33-23-15-27-11-12-28-23)14-22(21)30(25)16-17-3-4-17/h5-12,14-15,17,29H,2-4,13,16,26H2,1H3. The predicted octanol–water partition coefficient (Wildman–Crippen LogP) is 5.03. The zero-order valence-electron chi connectivity index (χ0n) is 18.9. The maximum Gasteiger partial charge on any atom is 0.237 e. The molecule has 0 unspecified atom stereocenters. The monoisotopic (exact) mass is 477 g/mol. The van der Waals surface area contributed by atoms with E-state index in [0.717, 1.165) is 28.7 Å². The molecule has 34 heavy (non-hydrogen) atoms. The number of sulfonamides is 1. The van der Waals surface area contributed by atoms with E-state index in [2.05, 4.69) is 19.3 Å². The molecule has 8 nitrogen and oxygen atoms in total. The van der Waals surface area contributed by atoms with Gasteiger partial charge in [0, 0.05) is 41.6 Å². The topological polar surface area (TPSA) is 112 Å². The summed E-state index contributed by atoms with van der Waals surface area (Å²) < 4.78 is 35.0. The molecule has 0 amide bonds. The van der Waals surface area contributed by atoms with Crippen molar-refractivity contribution in [1.29, 1.82) is 0 Å². The molecule has 1 aliphatic rings. The fourth-order valence-electron chi connectivity index (χ4n) is 4.13. The van der Waals surface area contributed by atoms with E-state index >= 15 is 0 Å². The summed E-state index contributed by atoms with van der Waals surface area (Å²) in [5.41, 5.74) is 10.8. The molecule has 176 valence electrons. The third kappa shape index (κ3) is 4.70. The lowest BCUT2D eigenvalue weighted by molar-refractivity contribution is 0.460. The fourth-order valence-corrected chi connectivity index (χ4v) is 5.27. The number of hydrogen-bond donors (Lipinski definition) is 2. The van der Waals surface area contributed by atoms with Gasteiger partial charge < -0.3 is 15.0 Å². The molecule has 9 heteroatoms. The van der Waals surface area contributed by atoms with Crippen LogP contribution in [-0.4, -0.2) is 28.7 Å². The van der Waals surface area contributed by atoms with Crippen molar-refractivity contribution in [2.45, 2.75) is 32.7 Å². The summed E-state index contributed by atoms with van der Waals surface area (Å²) in [4.78, 5) is 8.24. The second kappa shape index (κ2) is 8.98. The Balaban J connectivity index is 1.53. The molecule has 0 saturated heterocycles. The SMILES string of the molecule is CCCS(=O)(=O)Nc1ccc(-c2c(N)c3ccc(Oc4cnccn4)cc3n2CC2CC2)cc1. The van der Waals surface area contributed by atoms with Crippen LogP contribution in [0, 0.1) is 5.92 Å². The van der Waals surface area contributed by atoms with E-state index in [1.54, 1.807) is 30.7 Å². The number of hydrogen-bond acceptors (Lipinski definition) is 6. The summed E-state index contributed by atoms with van der Waals surface area (Å²) in [6.45, 7) is 2.70. The minimum Gasteiger partial charge on any atom is -0.437 e. The molecule has 0 atom stereocenters. The Morgan fingerprint density at radius 3 is 2.62 bits per heavy atom. The molecule has 1 aliphatic carbocycles. The van der Waals surface area contributed by atoms with Crippen LogP contribution in [0.3, 0.4) is 0 Å². The van der Waals surface area contributed by atoms with Crippen molar-refractivity contribution in [3.05, 3.63) is 61.1 Å². The van der Waals surface area contributed by atoms with E-state index in [1.807, 2.05) is 37.3 Å². The van der Waals surface area contributed by atoms with Crippen molar-refractivity contribution in [3.63, 3.8) is 0 Å². The highest BCUT2D eigenvalue weighted by Gasteiger charge is 2.26. The summed E-state index contributed by atoms with van der Waals surface area (Å²) in [5.74, 6) is 1.81. The van der Waals surface area contributed by atoms with E-state index in [-0.39, 0.29) is 5.75 Å². The molecule has 2 aromatic heterocycles. The van der Waals surface area contributed by atoms with Crippen LogP contribution >= 0.6 is 0 Å². The van der Waals surface area contributed by atoms with Crippen LogP contribution in [0.15, 0.2) is 61.1 Å². The van der Waals surface area contributed by atoms with Crippen molar-refractivity contribution in [3.8, 4) is 22.9 Å². The molecule has 2 heterocycles. The number of nitrogens with zero attached hydrogens (tertiary/aromatic N) is 3. The number of benzene rings is 2. The smallest absolute Gasteiger partial charge is 0.237 e. The highest BCUT2D eigenvalue weighted by molar-refractivity contribution is 7.92. The van der Waals surface area contributed by atoms with Crippen LogP contribution < -0.4 is 15.2 Å². The second-order valence-electron chi connectivity index (χ2n) is 8.64. The summed E-state index contributed by atoms with van der Waals surface area (Å²) in [6.07, 6.45) is 7.73. The summed E-state index contributed by atoms with van der Waals surface area (Å²) >= 11 is 0. The number of aromatic nitrogens is 3. The molecule has 0 radical (unpaired) electrons. The highest BCUT2D eigenvalue weighted by Crippen LogP contribution is 2.41. The quantitative estimate of drug-likeness (QED) is 0.349. The summed E-state index contributed by atoms with van der Waals surface area (Å²) in [5, 5.41) is 0.954. The molecule has 0 aliphatic heterocycles. The van der Waals surface area contributed by atoms with Gasteiger partial charge in [-0.2, -0.15) is 0 Å². The average Bonchev–Trinajstić information content (AvgIpc) is 3.59. The molecular formula is C25H27N5O3S. The van der Waals surface area contributed by atoms with Crippen LogP contribution in [0.1, 0.15) is 26.2 Å². The second-order valence-corrected chi connectivity index (χ2v) is 10.5.